The lowest BCUT2D eigenvalue weighted by atomic mass is 10.1. The van der Waals surface area contributed by atoms with Gasteiger partial charge in [-0.05, 0) is 26.7 Å². The third-order valence-electron chi connectivity index (χ3n) is 3.08. The Balaban J connectivity index is 2.25. The minimum atomic E-state index is -4.04. The van der Waals surface area contributed by atoms with Crippen LogP contribution in [0.25, 0.3) is 0 Å². The van der Waals surface area contributed by atoms with Crippen molar-refractivity contribution in [3.05, 3.63) is 17.5 Å². The van der Waals surface area contributed by atoms with Crippen LogP contribution in [-0.2, 0) is 13.6 Å². The van der Waals surface area contributed by atoms with E-state index in [1.165, 1.54) is 0 Å². The van der Waals surface area contributed by atoms with E-state index in [4.69, 9.17) is 0 Å². The maximum atomic E-state index is 12.0. The number of nitrogens with one attached hydrogen (secondary N) is 1. The Bertz CT molecular complexity index is 371. The van der Waals surface area contributed by atoms with Crippen LogP contribution in [0, 0.1) is 6.92 Å². The van der Waals surface area contributed by atoms with Gasteiger partial charge in [-0.25, -0.2) is 0 Å². The first kappa shape index (κ1) is 15.0. The monoisotopic (exact) mass is 263 g/mol. The molecule has 1 heterocycles. The number of hydrogen-bond donors (Lipinski definition) is 1. The number of nitrogens with zero attached hydrogens (tertiary/aromatic N) is 2. The standard InChI is InChI=1S/C12H20F3N3/c1-9(5-4-6-12(13,14)15)16-7-11-8-17-18(3)10(11)2/h8-9,16H,4-7H2,1-3H3. The highest BCUT2D eigenvalue weighted by atomic mass is 19.4. The molecular weight excluding hydrogens is 243 g/mol. The van der Waals surface area contributed by atoms with Gasteiger partial charge in [0.25, 0.3) is 0 Å². The molecule has 1 aromatic heterocycles. The predicted octanol–water partition coefficient (Wildman–Crippen LogP) is 2.94. The van der Waals surface area contributed by atoms with Crippen LogP contribution in [-0.4, -0.2) is 22.0 Å². The SMILES string of the molecule is Cc1c(CNC(C)CCCC(F)(F)F)cnn1C. The molecule has 1 N–H and O–H groups in total. The average molecular weight is 263 g/mol. The summed E-state index contributed by atoms with van der Waals surface area (Å²) in [5, 5.41) is 7.34. The molecule has 0 fully saturated rings. The quantitative estimate of drug-likeness (QED) is 0.855. The van der Waals surface area contributed by atoms with Gasteiger partial charge in [-0.15, -0.1) is 0 Å². The Kier molecular flexibility index (Phi) is 5.19. The molecule has 1 unspecified atom stereocenters. The van der Waals surface area contributed by atoms with Gasteiger partial charge in [0.05, 0.1) is 6.20 Å². The molecule has 6 heteroatoms. The van der Waals surface area contributed by atoms with Crippen LogP contribution in [0.2, 0.25) is 0 Å². The van der Waals surface area contributed by atoms with Crippen molar-refractivity contribution < 1.29 is 13.2 Å². The third-order valence-corrected chi connectivity index (χ3v) is 3.08. The molecule has 0 aliphatic rings. The van der Waals surface area contributed by atoms with E-state index in [-0.39, 0.29) is 12.5 Å². The van der Waals surface area contributed by atoms with E-state index in [9.17, 15) is 13.2 Å². The van der Waals surface area contributed by atoms with Crippen molar-refractivity contribution in [2.24, 2.45) is 7.05 Å². The van der Waals surface area contributed by atoms with Gasteiger partial charge >= 0.3 is 6.18 Å². The molecule has 0 spiro atoms. The van der Waals surface area contributed by atoms with E-state index in [2.05, 4.69) is 10.4 Å². The topological polar surface area (TPSA) is 29.9 Å². The highest BCUT2D eigenvalue weighted by molar-refractivity contribution is 5.15. The smallest absolute Gasteiger partial charge is 0.310 e. The first-order chi connectivity index (χ1) is 8.29. The fourth-order valence-electron chi connectivity index (χ4n) is 1.71. The summed E-state index contributed by atoms with van der Waals surface area (Å²) in [7, 11) is 1.87. The summed E-state index contributed by atoms with van der Waals surface area (Å²) >= 11 is 0. The Morgan fingerprint density at radius 1 is 1.44 bits per heavy atom. The van der Waals surface area contributed by atoms with Gasteiger partial charge in [-0.3, -0.25) is 4.68 Å². The number of aromatic nitrogens is 2. The molecule has 3 nitrogen and oxygen atoms in total. The number of aryl methyl sites for hydroxylation is 1. The molecule has 0 radical (unpaired) electrons. The van der Waals surface area contributed by atoms with Crippen molar-refractivity contribution in [3.8, 4) is 0 Å². The van der Waals surface area contributed by atoms with E-state index in [0.717, 1.165) is 11.3 Å². The summed E-state index contributed by atoms with van der Waals surface area (Å²) in [6.45, 7) is 4.52. The molecular formula is C12H20F3N3. The molecule has 0 aromatic carbocycles. The second kappa shape index (κ2) is 6.22. The average Bonchev–Trinajstić information content (AvgIpc) is 2.55. The molecule has 0 aliphatic heterocycles. The highest BCUT2D eigenvalue weighted by Crippen LogP contribution is 2.22. The van der Waals surface area contributed by atoms with Crippen LogP contribution in [0.3, 0.4) is 0 Å². The van der Waals surface area contributed by atoms with Gasteiger partial charge in [-0.2, -0.15) is 18.3 Å². The molecule has 18 heavy (non-hydrogen) atoms. The van der Waals surface area contributed by atoms with Gasteiger partial charge in [-0.1, -0.05) is 0 Å². The lowest BCUT2D eigenvalue weighted by Gasteiger charge is -2.14. The third kappa shape index (κ3) is 5.08. The number of hydrogen-bond acceptors (Lipinski definition) is 2. The Hall–Kier alpha value is -1.04. The van der Waals surface area contributed by atoms with E-state index < -0.39 is 12.6 Å². The van der Waals surface area contributed by atoms with Gasteiger partial charge < -0.3 is 5.32 Å². The zero-order chi connectivity index (χ0) is 13.8. The minimum absolute atomic E-state index is 0.0759. The Labute approximate surface area is 105 Å². The Morgan fingerprint density at radius 2 is 2.11 bits per heavy atom. The predicted molar refractivity (Wildman–Crippen MR) is 64.2 cm³/mol. The second-order valence-corrected chi connectivity index (χ2v) is 4.67. The number of alkyl halides is 3. The molecule has 0 bridgehead atoms. The molecule has 104 valence electrons. The van der Waals surface area contributed by atoms with E-state index in [0.29, 0.717) is 13.0 Å². The zero-order valence-electron chi connectivity index (χ0n) is 11.0. The summed E-state index contributed by atoms with van der Waals surface area (Å²) in [6.07, 6.45) is -2.27. The van der Waals surface area contributed by atoms with Gasteiger partial charge in [0.2, 0.25) is 0 Å². The van der Waals surface area contributed by atoms with E-state index in [1.54, 1.807) is 10.9 Å². The van der Waals surface area contributed by atoms with Crippen molar-refractivity contribution >= 4 is 0 Å². The normalized spacial score (nSPS) is 13.9. The van der Waals surface area contributed by atoms with Crippen molar-refractivity contribution in [3.63, 3.8) is 0 Å². The zero-order valence-corrected chi connectivity index (χ0v) is 11.0. The molecule has 0 saturated heterocycles. The summed E-state index contributed by atoms with van der Waals surface area (Å²) in [5.74, 6) is 0. The molecule has 1 atom stereocenters. The lowest BCUT2D eigenvalue weighted by molar-refractivity contribution is -0.135. The Morgan fingerprint density at radius 3 is 2.61 bits per heavy atom. The van der Waals surface area contributed by atoms with Crippen LogP contribution in [0.5, 0.6) is 0 Å². The molecule has 0 saturated carbocycles. The van der Waals surface area contributed by atoms with Crippen LogP contribution in [0.15, 0.2) is 6.20 Å². The van der Waals surface area contributed by atoms with E-state index >= 15 is 0 Å². The van der Waals surface area contributed by atoms with Gasteiger partial charge in [0, 0.05) is 37.3 Å². The maximum Gasteiger partial charge on any atom is 0.389 e. The van der Waals surface area contributed by atoms with Crippen molar-refractivity contribution in [1.82, 2.24) is 15.1 Å². The maximum absolute atomic E-state index is 12.0. The fourth-order valence-corrected chi connectivity index (χ4v) is 1.71. The molecule has 0 aliphatic carbocycles. The fraction of sp³-hybridized carbons (Fsp3) is 0.750. The summed E-state index contributed by atoms with van der Waals surface area (Å²) in [4.78, 5) is 0. The van der Waals surface area contributed by atoms with E-state index in [1.807, 2.05) is 20.9 Å². The summed E-state index contributed by atoms with van der Waals surface area (Å²) in [6, 6.07) is 0.0759. The number of halogens is 3. The second-order valence-electron chi connectivity index (χ2n) is 4.67. The largest absolute Gasteiger partial charge is 0.389 e. The van der Waals surface area contributed by atoms with Crippen molar-refractivity contribution in [2.75, 3.05) is 0 Å². The van der Waals surface area contributed by atoms with Crippen LogP contribution in [0.4, 0.5) is 13.2 Å². The van der Waals surface area contributed by atoms with Gasteiger partial charge in [0.15, 0.2) is 0 Å². The van der Waals surface area contributed by atoms with Crippen LogP contribution in [0.1, 0.15) is 37.4 Å². The highest BCUT2D eigenvalue weighted by Gasteiger charge is 2.26. The molecule has 1 rings (SSSR count). The number of rotatable bonds is 6. The minimum Gasteiger partial charge on any atom is -0.310 e. The molecule has 0 amide bonds. The molecule has 1 aromatic rings. The van der Waals surface area contributed by atoms with Crippen LogP contribution < -0.4 is 5.32 Å². The van der Waals surface area contributed by atoms with Crippen molar-refractivity contribution in [1.29, 1.82) is 0 Å². The van der Waals surface area contributed by atoms with Crippen LogP contribution >= 0.6 is 0 Å². The first-order valence-corrected chi connectivity index (χ1v) is 6.07. The lowest BCUT2D eigenvalue weighted by Crippen LogP contribution is -2.26. The first-order valence-electron chi connectivity index (χ1n) is 6.07. The van der Waals surface area contributed by atoms with Gasteiger partial charge in [0.1, 0.15) is 0 Å². The summed E-state index contributed by atoms with van der Waals surface area (Å²) < 4.78 is 37.7. The van der Waals surface area contributed by atoms with Crippen molar-refractivity contribution in [2.45, 2.75) is 51.9 Å². The summed E-state index contributed by atoms with van der Waals surface area (Å²) in [5.41, 5.74) is 2.16.